The summed E-state index contributed by atoms with van der Waals surface area (Å²) in [5.74, 6) is 0.438. The summed E-state index contributed by atoms with van der Waals surface area (Å²) in [6.45, 7) is 6.95. The zero-order valence-corrected chi connectivity index (χ0v) is 13.0. The molecule has 0 aliphatic heterocycles. The van der Waals surface area contributed by atoms with E-state index in [-0.39, 0.29) is 16.4 Å². The van der Waals surface area contributed by atoms with Crippen LogP contribution in [0.15, 0.2) is 17.3 Å². The van der Waals surface area contributed by atoms with Crippen LogP contribution in [0.5, 0.6) is 0 Å². The van der Waals surface area contributed by atoms with Crippen molar-refractivity contribution in [2.75, 3.05) is 11.9 Å². The van der Waals surface area contributed by atoms with Crippen LogP contribution in [-0.2, 0) is 10.0 Å². The first-order chi connectivity index (χ1) is 9.32. The third-order valence-corrected chi connectivity index (χ3v) is 5.04. The molecule has 0 radical (unpaired) electrons. The largest absolute Gasteiger partial charge is 0.355 e. The number of sulfonamides is 1. The maximum Gasteiger partial charge on any atom is 0.243 e. The molecular formula is C13H22N4O2S. The fraction of sp³-hybridized carbons (Fsp3) is 0.692. The molecule has 1 fully saturated rings. The fourth-order valence-electron chi connectivity index (χ4n) is 2.53. The quantitative estimate of drug-likeness (QED) is 0.865. The van der Waals surface area contributed by atoms with Gasteiger partial charge in [-0.15, -0.1) is 0 Å². The molecule has 1 aromatic heterocycles. The minimum absolute atomic E-state index is 0.00319. The predicted octanol–water partition coefficient (Wildman–Crippen LogP) is 1.77. The zero-order chi connectivity index (χ0) is 14.8. The van der Waals surface area contributed by atoms with Gasteiger partial charge in [-0.25, -0.2) is 23.1 Å². The summed E-state index contributed by atoms with van der Waals surface area (Å²) in [5.41, 5.74) is 0.207. The van der Waals surface area contributed by atoms with E-state index in [0.29, 0.717) is 12.5 Å². The summed E-state index contributed by atoms with van der Waals surface area (Å²) in [4.78, 5) is 8.11. The van der Waals surface area contributed by atoms with E-state index in [4.69, 9.17) is 0 Å². The number of nitrogens with zero attached hydrogens (tertiary/aromatic N) is 2. The van der Waals surface area contributed by atoms with Gasteiger partial charge in [0.2, 0.25) is 16.0 Å². The number of rotatable bonds is 5. The zero-order valence-electron chi connectivity index (χ0n) is 12.2. The number of hydrogen-bond acceptors (Lipinski definition) is 5. The normalized spacial score (nSPS) is 21.9. The number of aromatic nitrogens is 2. The van der Waals surface area contributed by atoms with Gasteiger partial charge in [-0.05, 0) is 31.6 Å². The first kappa shape index (κ1) is 15.2. The van der Waals surface area contributed by atoms with Crippen LogP contribution in [0, 0.1) is 5.41 Å². The molecule has 0 spiro atoms. The van der Waals surface area contributed by atoms with E-state index in [1.54, 1.807) is 0 Å². The van der Waals surface area contributed by atoms with Crippen LogP contribution in [0.1, 0.15) is 40.0 Å². The number of anilines is 1. The molecule has 0 bridgehead atoms. The molecule has 2 N–H and O–H groups in total. The van der Waals surface area contributed by atoms with Gasteiger partial charge in [-0.3, -0.25) is 0 Å². The predicted molar refractivity (Wildman–Crippen MR) is 77.9 cm³/mol. The van der Waals surface area contributed by atoms with Crippen LogP contribution < -0.4 is 10.0 Å². The Balaban J connectivity index is 2.07. The Morgan fingerprint density at radius 3 is 2.50 bits per heavy atom. The van der Waals surface area contributed by atoms with Gasteiger partial charge in [0, 0.05) is 12.6 Å². The standard InChI is InChI=1S/C13H22N4O2S/c1-4-14-12-15-8-11(9-16-12)20(18,19)17-10-5-6-13(2,3)7-10/h8-10,17H,4-7H2,1-3H3,(H,14,15,16). The Labute approximate surface area is 120 Å². The van der Waals surface area contributed by atoms with Gasteiger partial charge in [0.25, 0.3) is 0 Å². The van der Waals surface area contributed by atoms with Crippen LogP contribution in [-0.4, -0.2) is 31.0 Å². The molecule has 7 heteroatoms. The van der Waals surface area contributed by atoms with Crippen LogP contribution in [0.3, 0.4) is 0 Å². The van der Waals surface area contributed by atoms with Gasteiger partial charge in [0.1, 0.15) is 4.90 Å². The third kappa shape index (κ3) is 3.67. The van der Waals surface area contributed by atoms with E-state index >= 15 is 0 Å². The number of nitrogens with one attached hydrogen (secondary N) is 2. The summed E-state index contributed by atoms with van der Waals surface area (Å²) in [6.07, 6.45) is 5.46. The highest BCUT2D eigenvalue weighted by Gasteiger charge is 2.33. The maximum absolute atomic E-state index is 12.3. The molecule has 1 aliphatic rings. The van der Waals surface area contributed by atoms with E-state index < -0.39 is 10.0 Å². The van der Waals surface area contributed by atoms with Crippen molar-refractivity contribution >= 4 is 16.0 Å². The van der Waals surface area contributed by atoms with Crippen LogP contribution in [0.2, 0.25) is 0 Å². The summed E-state index contributed by atoms with van der Waals surface area (Å²) < 4.78 is 27.3. The van der Waals surface area contributed by atoms with Crippen molar-refractivity contribution in [3.63, 3.8) is 0 Å². The molecule has 1 heterocycles. The molecule has 2 rings (SSSR count). The smallest absolute Gasteiger partial charge is 0.243 e. The van der Waals surface area contributed by atoms with E-state index in [1.165, 1.54) is 12.4 Å². The third-order valence-electron chi connectivity index (χ3n) is 3.56. The van der Waals surface area contributed by atoms with Gasteiger partial charge in [0.05, 0.1) is 12.4 Å². The SMILES string of the molecule is CCNc1ncc(S(=O)(=O)NC2CCC(C)(C)C2)cn1. The maximum atomic E-state index is 12.3. The van der Waals surface area contributed by atoms with Crippen LogP contribution in [0.25, 0.3) is 0 Å². The van der Waals surface area contributed by atoms with Crippen LogP contribution in [0.4, 0.5) is 5.95 Å². The summed E-state index contributed by atoms with van der Waals surface area (Å²) in [5, 5.41) is 2.93. The minimum atomic E-state index is -3.53. The summed E-state index contributed by atoms with van der Waals surface area (Å²) in [7, 11) is -3.53. The molecule has 1 atom stereocenters. The first-order valence-electron chi connectivity index (χ1n) is 6.91. The molecule has 1 aliphatic carbocycles. The van der Waals surface area contributed by atoms with Gasteiger partial charge in [0.15, 0.2) is 0 Å². The van der Waals surface area contributed by atoms with Crippen molar-refractivity contribution in [3.8, 4) is 0 Å². The van der Waals surface area contributed by atoms with Gasteiger partial charge in [-0.1, -0.05) is 13.8 Å². The minimum Gasteiger partial charge on any atom is -0.355 e. The molecule has 0 amide bonds. The lowest BCUT2D eigenvalue weighted by Crippen LogP contribution is -2.33. The average Bonchev–Trinajstić information content (AvgIpc) is 2.69. The summed E-state index contributed by atoms with van der Waals surface area (Å²) in [6, 6.07) is 0.00319. The topological polar surface area (TPSA) is 84.0 Å². The Hall–Kier alpha value is -1.21. The molecule has 1 aromatic rings. The second kappa shape index (κ2) is 5.65. The highest BCUT2D eigenvalue weighted by Crippen LogP contribution is 2.37. The molecule has 20 heavy (non-hydrogen) atoms. The Morgan fingerprint density at radius 1 is 1.35 bits per heavy atom. The van der Waals surface area contributed by atoms with Gasteiger partial charge < -0.3 is 5.32 Å². The van der Waals surface area contributed by atoms with Crippen molar-refractivity contribution in [3.05, 3.63) is 12.4 Å². The molecule has 1 unspecified atom stereocenters. The Morgan fingerprint density at radius 2 is 2.00 bits per heavy atom. The van der Waals surface area contributed by atoms with Crippen molar-refractivity contribution in [1.82, 2.24) is 14.7 Å². The van der Waals surface area contributed by atoms with E-state index in [9.17, 15) is 8.42 Å². The lowest BCUT2D eigenvalue weighted by molar-refractivity contribution is 0.372. The molecule has 6 nitrogen and oxygen atoms in total. The Kier molecular flexibility index (Phi) is 4.29. The molecule has 0 aromatic carbocycles. The van der Waals surface area contributed by atoms with E-state index in [2.05, 4.69) is 33.9 Å². The lowest BCUT2D eigenvalue weighted by atomic mass is 9.92. The first-order valence-corrected chi connectivity index (χ1v) is 8.39. The van der Waals surface area contributed by atoms with E-state index in [0.717, 1.165) is 19.3 Å². The van der Waals surface area contributed by atoms with Crippen molar-refractivity contribution < 1.29 is 8.42 Å². The van der Waals surface area contributed by atoms with Gasteiger partial charge in [-0.2, -0.15) is 0 Å². The molecule has 112 valence electrons. The highest BCUT2D eigenvalue weighted by atomic mass is 32.2. The van der Waals surface area contributed by atoms with Gasteiger partial charge >= 0.3 is 0 Å². The van der Waals surface area contributed by atoms with Crippen molar-refractivity contribution in [1.29, 1.82) is 0 Å². The second-order valence-corrected chi connectivity index (χ2v) is 7.71. The van der Waals surface area contributed by atoms with Crippen LogP contribution >= 0.6 is 0 Å². The van der Waals surface area contributed by atoms with E-state index in [1.807, 2.05) is 6.92 Å². The fourth-order valence-corrected chi connectivity index (χ4v) is 3.69. The second-order valence-electron chi connectivity index (χ2n) is 6.00. The monoisotopic (exact) mass is 298 g/mol. The molecule has 0 saturated heterocycles. The molecule has 1 saturated carbocycles. The number of hydrogen-bond donors (Lipinski definition) is 2. The molecular weight excluding hydrogens is 276 g/mol. The summed E-state index contributed by atoms with van der Waals surface area (Å²) >= 11 is 0. The average molecular weight is 298 g/mol. The lowest BCUT2D eigenvalue weighted by Gasteiger charge is -2.17. The highest BCUT2D eigenvalue weighted by molar-refractivity contribution is 7.89. The van der Waals surface area contributed by atoms with Crippen molar-refractivity contribution in [2.24, 2.45) is 5.41 Å². The van der Waals surface area contributed by atoms with Crippen molar-refractivity contribution in [2.45, 2.75) is 51.0 Å². The Bertz CT molecular complexity index is 554.